The Morgan fingerprint density at radius 1 is 1.08 bits per heavy atom. The maximum atomic E-state index is 12.9. The lowest BCUT2D eigenvalue weighted by Gasteiger charge is -2.18. The number of ketones is 1. The standard InChI is InChI=1S/C20H23FO4/c1-13-12-17(23-3)19(20(24-4)18(13)14(2)22)25-11-5-6-15-7-9-16(21)10-8-15/h7-10,12H,5-6,11H2,1-4H3. The highest BCUT2D eigenvalue weighted by Gasteiger charge is 2.21. The zero-order valence-electron chi connectivity index (χ0n) is 15.0. The summed E-state index contributed by atoms with van der Waals surface area (Å²) >= 11 is 0. The normalized spacial score (nSPS) is 10.4. The van der Waals surface area contributed by atoms with E-state index in [9.17, 15) is 9.18 Å². The molecule has 25 heavy (non-hydrogen) atoms. The SMILES string of the molecule is COc1cc(C)c(C(C)=O)c(OC)c1OCCCc1ccc(F)cc1. The van der Waals surface area contributed by atoms with Crippen LogP contribution in [0.3, 0.4) is 0 Å². The van der Waals surface area contributed by atoms with Gasteiger partial charge in [-0.25, -0.2) is 4.39 Å². The number of halogens is 1. The first-order valence-electron chi connectivity index (χ1n) is 8.11. The maximum Gasteiger partial charge on any atom is 0.204 e. The van der Waals surface area contributed by atoms with Crippen LogP contribution in [0.5, 0.6) is 17.2 Å². The van der Waals surface area contributed by atoms with Crippen molar-refractivity contribution in [2.24, 2.45) is 0 Å². The van der Waals surface area contributed by atoms with Gasteiger partial charge in [0.1, 0.15) is 5.82 Å². The number of hydrogen-bond donors (Lipinski definition) is 0. The summed E-state index contributed by atoms with van der Waals surface area (Å²) in [4.78, 5) is 11.9. The molecule has 0 heterocycles. The highest BCUT2D eigenvalue weighted by Crippen LogP contribution is 2.42. The van der Waals surface area contributed by atoms with Gasteiger partial charge >= 0.3 is 0 Å². The lowest BCUT2D eigenvalue weighted by atomic mass is 10.0. The van der Waals surface area contributed by atoms with Gasteiger partial charge in [-0.05, 0) is 56.0 Å². The fourth-order valence-electron chi connectivity index (χ4n) is 2.76. The zero-order chi connectivity index (χ0) is 18.4. The quantitative estimate of drug-likeness (QED) is 0.526. The van der Waals surface area contributed by atoms with Crippen molar-refractivity contribution in [3.63, 3.8) is 0 Å². The van der Waals surface area contributed by atoms with Crippen molar-refractivity contribution in [1.29, 1.82) is 0 Å². The van der Waals surface area contributed by atoms with E-state index in [4.69, 9.17) is 14.2 Å². The molecule has 4 nitrogen and oxygen atoms in total. The van der Waals surface area contributed by atoms with Crippen LogP contribution in [0.15, 0.2) is 30.3 Å². The van der Waals surface area contributed by atoms with Gasteiger partial charge in [0.2, 0.25) is 5.75 Å². The summed E-state index contributed by atoms with van der Waals surface area (Å²) in [6.45, 7) is 3.75. The van der Waals surface area contributed by atoms with Gasteiger partial charge < -0.3 is 14.2 Å². The van der Waals surface area contributed by atoms with Crippen LogP contribution < -0.4 is 14.2 Å². The van der Waals surface area contributed by atoms with Gasteiger partial charge in [0, 0.05) is 0 Å². The second-order valence-electron chi connectivity index (χ2n) is 5.77. The first-order chi connectivity index (χ1) is 12.0. The predicted octanol–water partition coefficient (Wildman–Crippen LogP) is 4.37. The van der Waals surface area contributed by atoms with Gasteiger partial charge in [-0.2, -0.15) is 0 Å². The maximum absolute atomic E-state index is 12.9. The number of methoxy groups -OCH3 is 2. The number of carbonyl (C=O) groups excluding carboxylic acids is 1. The molecule has 2 aromatic carbocycles. The first-order valence-corrected chi connectivity index (χ1v) is 8.11. The number of benzene rings is 2. The molecule has 0 atom stereocenters. The van der Waals surface area contributed by atoms with E-state index in [2.05, 4.69) is 0 Å². The summed E-state index contributed by atoms with van der Waals surface area (Å²) in [7, 11) is 3.05. The van der Waals surface area contributed by atoms with E-state index in [1.54, 1.807) is 25.3 Å². The Kier molecular flexibility index (Phi) is 6.39. The molecule has 0 radical (unpaired) electrons. The number of carbonyl (C=O) groups is 1. The average Bonchev–Trinajstić information content (AvgIpc) is 2.59. The van der Waals surface area contributed by atoms with Gasteiger partial charge in [0.15, 0.2) is 17.3 Å². The van der Waals surface area contributed by atoms with Gasteiger partial charge in [-0.15, -0.1) is 0 Å². The number of rotatable bonds is 8. The van der Waals surface area contributed by atoms with Crippen molar-refractivity contribution in [1.82, 2.24) is 0 Å². The average molecular weight is 346 g/mol. The molecule has 0 amide bonds. The molecule has 0 aliphatic rings. The van der Waals surface area contributed by atoms with E-state index in [-0.39, 0.29) is 11.6 Å². The molecule has 134 valence electrons. The molecule has 0 bridgehead atoms. The minimum Gasteiger partial charge on any atom is -0.493 e. The Bertz CT molecular complexity index is 738. The Hall–Kier alpha value is -2.56. The van der Waals surface area contributed by atoms with Crippen LogP contribution in [0.1, 0.15) is 34.8 Å². The van der Waals surface area contributed by atoms with Crippen molar-refractivity contribution in [3.05, 3.63) is 52.8 Å². The molecule has 2 rings (SSSR count). The summed E-state index contributed by atoms with van der Waals surface area (Å²) in [5.74, 6) is 1.02. The molecule has 0 spiro atoms. The van der Waals surface area contributed by atoms with Crippen LogP contribution in [0.2, 0.25) is 0 Å². The monoisotopic (exact) mass is 346 g/mol. The van der Waals surface area contributed by atoms with Crippen LogP contribution in [0.25, 0.3) is 0 Å². The molecule has 0 fully saturated rings. The van der Waals surface area contributed by atoms with Crippen molar-refractivity contribution in [3.8, 4) is 17.2 Å². The lowest BCUT2D eigenvalue weighted by molar-refractivity contribution is 0.101. The van der Waals surface area contributed by atoms with Crippen LogP contribution in [0, 0.1) is 12.7 Å². The van der Waals surface area contributed by atoms with Crippen LogP contribution >= 0.6 is 0 Å². The third-order valence-electron chi connectivity index (χ3n) is 3.94. The molecule has 0 saturated carbocycles. The second kappa shape index (κ2) is 8.51. The highest BCUT2D eigenvalue weighted by atomic mass is 19.1. The Morgan fingerprint density at radius 2 is 1.76 bits per heavy atom. The topological polar surface area (TPSA) is 44.8 Å². The zero-order valence-corrected chi connectivity index (χ0v) is 15.0. The highest BCUT2D eigenvalue weighted by molar-refractivity contribution is 5.99. The lowest BCUT2D eigenvalue weighted by Crippen LogP contribution is -2.07. The van der Waals surface area contributed by atoms with Gasteiger partial charge in [-0.3, -0.25) is 4.79 Å². The fraction of sp³-hybridized carbons (Fsp3) is 0.350. The minimum atomic E-state index is -0.245. The number of hydrogen-bond acceptors (Lipinski definition) is 4. The van der Waals surface area contributed by atoms with Crippen molar-refractivity contribution in [2.45, 2.75) is 26.7 Å². The van der Waals surface area contributed by atoms with Gasteiger partial charge in [0.25, 0.3) is 0 Å². The van der Waals surface area contributed by atoms with E-state index in [1.807, 2.05) is 6.92 Å². The Labute approximate surface area is 147 Å². The third-order valence-corrected chi connectivity index (χ3v) is 3.94. The van der Waals surface area contributed by atoms with E-state index in [0.717, 1.165) is 24.0 Å². The summed E-state index contributed by atoms with van der Waals surface area (Å²) in [6, 6.07) is 8.18. The Balaban J connectivity index is 2.13. The summed E-state index contributed by atoms with van der Waals surface area (Å²) < 4.78 is 29.6. The molecule has 0 aliphatic carbocycles. The first kappa shape index (κ1) is 18.8. The predicted molar refractivity (Wildman–Crippen MR) is 94.5 cm³/mol. The van der Waals surface area contributed by atoms with Crippen LogP contribution in [-0.4, -0.2) is 26.6 Å². The fourth-order valence-corrected chi connectivity index (χ4v) is 2.76. The molecule has 0 aromatic heterocycles. The number of ether oxygens (including phenoxy) is 3. The molecular formula is C20H23FO4. The van der Waals surface area contributed by atoms with Crippen LogP contribution in [0.4, 0.5) is 4.39 Å². The molecule has 0 saturated heterocycles. The smallest absolute Gasteiger partial charge is 0.204 e. The molecule has 0 N–H and O–H groups in total. The molecular weight excluding hydrogens is 323 g/mol. The van der Waals surface area contributed by atoms with E-state index in [0.29, 0.717) is 29.4 Å². The van der Waals surface area contributed by atoms with Crippen molar-refractivity contribution < 1.29 is 23.4 Å². The van der Waals surface area contributed by atoms with E-state index in [1.165, 1.54) is 26.2 Å². The second-order valence-corrected chi connectivity index (χ2v) is 5.77. The summed E-state index contributed by atoms with van der Waals surface area (Å²) in [5.41, 5.74) is 2.31. The van der Waals surface area contributed by atoms with Gasteiger partial charge in [-0.1, -0.05) is 12.1 Å². The largest absolute Gasteiger partial charge is 0.493 e. The van der Waals surface area contributed by atoms with E-state index < -0.39 is 0 Å². The third kappa shape index (κ3) is 4.50. The number of aryl methyl sites for hydroxylation is 2. The molecule has 5 heteroatoms. The summed E-state index contributed by atoms with van der Waals surface area (Å²) in [5, 5.41) is 0. The summed E-state index contributed by atoms with van der Waals surface area (Å²) in [6.07, 6.45) is 1.50. The molecule has 2 aromatic rings. The molecule has 0 unspecified atom stereocenters. The van der Waals surface area contributed by atoms with Crippen LogP contribution in [-0.2, 0) is 6.42 Å². The Morgan fingerprint density at radius 3 is 2.32 bits per heavy atom. The van der Waals surface area contributed by atoms with Crippen molar-refractivity contribution in [2.75, 3.05) is 20.8 Å². The van der Waals surface area contributed by atoms with Gasteiger partial charge in [0.05, 0.1) is 26.4 Å². The van der Waals surface area contributed by atoms with Crippen molar-refractivity contribution >= 4 is 5.78 Å². The molecule has 0 aliphatic heterocycles. The number of Topliss-reactive ketones (excluding diaryl/α,β-unsaturated/α-hetero) is 1. The van der Waals surface area contributed by atoms with E-state index >= 15 is 0 Å². The minimum absolute atomic E-state index is 0.0897.